The van der Waals surface area contributed by atoms with Crippen LogP contribution in [-0.2, 0) is 60.7 Å². The Morgan fingerprint density at radius 3 is 1.39 bits per heavy atom. The van der Waals surface area contributed by atoms with E-state index < -0.39 is 73.6 Å². The number of ether oxygens (including phenoxy) is 2. The van der Waals surface area contributed by atoms with Gasteiger partial charge in [-0.15, -0.1) is 0 Å². The summed E-state index contributed by atoms with van der Waals surface area (Å²) in [6.45, 7) is 14.7. The number of aromatic amines is 2. The summed E-state index contributed by atoms with van der Waals surface area (Å²) in [4.78, 5) is 52.9. The molecule has 0 fully saturated rings. The zero-order valence-corrected chi connectivity index (χ0v) is 37.2. The molecule has 6 atom stereocenters. The molecule has 0 spiro atoms. The van der Waals surface area contributed by atoms with Crippen LogP contribution in [0.4, 0.5) is 0 Å². The number of aryl methyl sites for hydroxylation is 2. The summed E-state index contributed by atoms with van der Waals surface area (Å²) in [6.07, 6.45) is 6.47. The van der Waals surface area contributed by atoms with E-state index in [4.69, 9.17) is 36.6 Å². The number of fused-ring (bicyclic) bond motifs is 2. The lowest BCUT2D eigenvalue weighted by Gasteiger charge is -2.33. The molecule has 20 heteroatoms. The van der Waals surface area contributed by atoms with Crippen LogP contribution < -0.4 is 31.5 Å². The number of H-pyrrole nitrogens is 2. The predicted molar refractivity (Wildman–Crippen MR) is 225 cm³/mol. The van der Waals surface area contributed by atoms with Gasteiger partial charge < -0.3 is 18.5 Å². The zero-order chi connectivity index (χ0) is 44.5. The van der Waals surface area contributed by atoms with Gasteiger partial charge in [-0.25, -0.2) is 18.7 Å². The van der Waals surface area contributed by atoms with Crippen LogP contribution in [0.5, 0.6) is 11.5 Å². The van der Waals surface area contributed by atoms with Crippen molar-refractivity contribution in [1.29, 1.82) is 0 Å². The lowest BCUT2D eigenvalue weighted by Crippen LogP contribution is -2.33. The Morgan fingerprint density at radius 1 is 0.629 bits per heavy atom. The molecule has 2 N–H and O–H groups in total. The Labute approximate surface area is 355 Å². The fourth-order valence-corrected chi connectivity index (χ4v) is 9.81. The van der Waals surface area contributed by atoms with E-state index in [0.717, 1.165) is 22.3 Å². The molecule has 2 aromatic carbocycles. The quantitative estimate of drug-likeness (QED) is 0.133. The van der Waals surface area contributed by atoms with E-state index in [1.54, 1.807) is 38.2 Å². The highest BCUT2D eigenvalue weighted by atomic mass is 31.2. The van der Waals surface area contributed by atoms with Crippen LogP contribution in [0.25, 0.3) is 11.1 Å². The van der Waals surface area contributed by atoms with Crippen LogP contribution in [0.2, 0.25) is 0 Å². The summed E-state index contributed by atoms with van der Waals surface area (Å²) in [5.74, 6) is 0.776. The first kappa shape index (κ1) is 43.7. The number of nitrogens with zero attached hydrogens (tertiary/aromatic N) is 2. The molecule has 62 heavy (non-hydrogen) atoms. The molecule has 18 nitrogen and oxygen atoms in total. The first-order valence-corrected chi connectivity index (χ1v) is 22.8. The Bertz CT molecular complexity index is 2670. The van der Waals surface area contributed by atoms with E-state index in [0.29, 0.717) is 33.8 Å². The van der Waals surface area contributed by atoms with Crippen LogP contribution in [0.15, 0.2) is 80.1 Å². The number of aromatic nitrogens is 4. The Kier molecular flexibility index (Phi) is 11.3. The molecule has 0 saturated heterocycles. The normalized spacial score (nSPS) is 25.6. The van der Waals surface area contributed by atoms with Gasteiger partial charge in [0.2, 0.25) is 0 Å². The number of phosphoric acid groups is 2. The third-order valence-electron chi connectivity index (χ3n) is 10.7. The average molecular weight is 895 g/mol. The first-order valence-electron chi connectivity index (χ1n) is 19.9. The maximum absolute atomic E-state index is 13.9. The lowest BCUT2D eigenvalue weighted by molar-refractivity contribution is -0.0131. The van der Waals surface area contributed by atoms with E-state index in [1.165, 1.54) is 21.5 Å². The number of hydrogen-bond donors (Lipinski definition) is 2. The Morgan fingerprint density at radius 2 is 1.02 bits per heavy atom. The zero-order valence-electron chi connectivity index (χ0n) is 35.4. The van der Waals surface area contributed by atoms with E-state index in [2.05, 4.69) is 9.97 Å². The summed E-state index contributed by atoms with van der Waals surface area (Å²) in [6, 6.07) is 7.76. The smallest absolute Gasteiger partial charge is 0.403 e. The Hall–Kier alpha value is -4.90. The van der Waals surface area contributed by atoms with Gasteiger partial charge in [0.25, 0.3) is 11.1 Å². The number of nitrogens with one attached hydrogen (secondary N) is 2. The second-order valence-electron chi connectivity index (χ2n) is 17.6. The van der Waals surface area contributed by atoms with Gasteiger partial charge in [-0.2, -0.15) is 0 Å². The second kappa shape index (κ2) is 16.0. The maximum Gasteiger partial charge on any atom is 0.530 e. The first-order chi connectivity index (χ1) is 29.1. The topological polar surface area (TPSA) is 218 Å². The fraction of sp³-hybridized carbons (Fsp3) is 0.429. The van der Waals surface area contributed by atoms with E-state index in [-0.39, 0.29) is 26.4 Å². The molecule has 2 aromatic heterocycles. The molecule has 0 radical (unpaired) electrons. The summed E-state index contributed by atoms with van der Waals surface area (Å²) in [5, 5.41) is 0. The summed E-state index contributed by atoms with van der Waals surface area (Å²) < 4.78 is 77.5. The van der Waals surface area contributed by atoms with Gasteiger partial charge in [0.05, 0.1) is 26.4 Å². The van der Waals surface area contributed by atoms with Gasteiger partial charge in [0, 0.05) is 45.8 Å². The highest BCUT2D eigenvalue weighted by Gasteiger charge is 2.41. The summed E-state index contributed by atoms with van der Waals surface area (Å²) in [7, 11) is -8.26. The molecule has 330 valence electrons. The van der Waals surface area contributed by atoms with Crippen LogP contribution in [0, 0.1) is 13.8 Å². The maximum atomic E-state index is 13.9. The molecule has 0 unspecified atom stereocenters. The van der Waals surface area contributed by atoms with Gasteiger partial charge in [-0.3, -0.25) is 46.8 Å². The molecule has 6 heterocycles. The minimum atomic E-state index is -4.13. The molecule has 0 bridgehead atoms. The van der Waals surface area contributed by atoms with Crippen molar-refractivity contribution in [2.24, 2.45) is 0 Å². The van der Waals surface area contributed by atoms with Gasteiger partial charge in [0.1, 0.15) is 23.7 Å². The number of hydrogen-bond acceptors (Lipinski definition) is 14. The van der Waals surface area contributed by atoms with E-state index >= 15 is 0 Å². The SMILES string of the molecule is Cc1cn([C@H]2C=C[C@@H](CO[P@]3(=O)OCc4cc(-c5cc6c(c(C(C)(C)C)c5)O[P@](=O)(OC[C@@H]5C=C[C@H](n7cc(C)c(=O)[nH]c7=O)O5)OC6)cc(C(C)(C)C)c4O3)O2)c(=O)[nH]c1=O. The summed E-state index contributed by atoms with van der Waals surface area (Å²) >= 11 is 0. The van der Waals surface area contributed by atoms with Crippen molar-refractivity contribution >= 4 is 15.6 Å². The van der Waals surface area contributed by atoms with Crippen LogP contribution in [-0.4, -0.2) is 44.5 Å². The van der Waals surface area contributed by atoms with Gasteiger partial charge in [-0.05, 0) is 72.2 Å². The van der Waals surface area contributed by atoms with E-state index in [1.807, 2.05) is 65.8 Å². The molecule has 0 aliphatic carbocycles. The van der Waals surface area contributed by atoms with Crippen LogP contribution in [0.1, 0.15) is 87.4 Å². The molecular weight excluding hydrogens is 846 g/mol. The fourth-order valence-electron chi connectivity index (χ4n) is 7.32. The molecule has 4 aliphatic rings. The van der Waals surface area contributed by atoms with Gasteiger partial charge >= 0.3 is 27.0 Å². The lowest BCUT2D eigenvalue weighted by atomic mass is 9.81. The number of benzene rings is 2. The minimum absolute atomic E-state index is 0.0781. The van der Waals surface area contributed by atoms with Crippen molar-refractivity contribution in [3.63, 3.8) is 0 Å². The second-order valence-corrected chi connectivity index (χ2v) is 20.8. The molecule has 0 saturated carbocycles. The van der Waals surface area contributed by atoms with Gasteiger partial charge in [0.15, 0.2) is 12.5 Å². The third kappa shape index (κ3) is 8.84. The standard InChI is InChI=1S/C42H48N4O14P2/c1-23-17-45(39(49)43-37(23)47)33-11-9-29(57-33)21-55-61(51)53-19-27-13-25(15-31(35(27)59-61)41(3,4)5)26-14-28-20-54-62(52,60-36(28)32(16-26)42(6,7)8)56-22-30-10-12-34(58-30)46-18-24(2)38(48)44-40(46)50/h9-18,29-30,33-34H,19-22H2,1-8H3,(H,43,47,49)(H,44,48,50)/t29-,30-,33+,34+,61-,62-/m0/s1. The number of phosphoric ester groups is 2. The van der Waals surface area contributed by atoms with Gasteiger partial charge in [-0.1, -0.05) is 53.7 Å². The van der Waals surface area contributed by atoms with Crippen LogP contribution >= 0.6 is 15.6 Å². The van der Waals surface area contributed by atoms with Crippen molar-refractivity contribution in [1.82, 2.24) is 19.1 Å². The van der Waals surface area contributed by atoms with Crippen molar-refractivity contribution < 1.29 is 45.7 Å². The molecule has 4 aliphatic heterocycles. The van der Waals surface area contributed by atoms with E-state index in [9.17, 15) is 28.3 Å². The highest BCUT2D eigenvalue weighted by molar-refractivity contribution is 7.49. The number of rotatable bonds is 9. The van der Waals surface area contributed by atoms with Crippen LogP contribution in [0.3, 0.4) is 0 Å². The molecule has 8 rings (SSSR count). The van der Waals surface area contributed by atoms with Crippen molar-refractivity contribution in [2.75, 3.05) is 13.2 Å². The molecule has 4 aromatic rings. The predicted octanol–water partition coefficient (Wildman–Crippen LogP) is 6.64. The molecular formula is C42H48N4O14P2. The average Bonchev–Trinajstić information content (AvgIpc) is 3.88. The minimum Gasteiger partial charge on any atom is -0.403 e. The van der Waals surface area contributed by atoms with Crippen molar-refractivity contribution in [3.05, 3.63) is 136 Å². The largest absolute Gasteiger partial charge is 0.530 e. The highest BCUT2D eigenvalue weighted by Crippen LogP contribution is 2.59. The van der Waals surface area contributed by atoms with Crippen molar-refractivity contribution in [2.45, 2.75) is 104 Å². The summed E-state index contributed by atoms with van der Waals surface area (Å²) in [5.41, 5.74) is 1.95. The molecule has 0 amide bonds. The Balaban J connectivity index is 0.984. The third-order valence-corrected chi connectivity index (χ3v) is 13.3. The van der Waals surface area contributed by atoms with Crippen molar-refractivity contribution in [3.8, 4) is 22.6 Å². The monoisotopic (exact) mass is 894 g/mol.